The van der Waals surface area contributed by atoms with Crippen molar-refractivity contribution in [2.45, 2.75) is 25.3 Å². The molecule has 1 aromatic heterocycles. The molecule has 1 heterocycles. The number of halogens is 3. The molecule has 0 aliphatic heterocycles. The Bertz CT molecular complexity index is 285. The number of nitrogens with two attached hydrogens (primary N) is 1. The third-order valence-corrected chi connectivity index (χ3v) is 3.12. The van der Waals surface area contributed by atoms with Crippen LogP contribution in [0.25, 0.3) is 0 Å². The van der Waals surface area contributed by atoms with Crippen molar-refractivity contribution < 1.29 is 8.78 Å². The van der Waals surface area contributed by atoms with E-state index in [1.54, 1.807) is 11.4 Å². The highest BCUT2D eigenvalue weighted by Gasteiger charge is 2.31. The van der Waals surface area contributed by atoms with E-state index in [1.165, 1.54) is 18.3 Å². The topological polar surface area (TPSA) is 26.0 Å². The van der Waals surface area contributed by atoms with Gasteiger partial charge in [-0.3, -0.25) is 0 Å². The fourth-order valence-corrected chi connectivity index (χ4v) is 2.16. The Hall–Kier alpha value is -0.190. The maximum atomic E-state index is 12.4. The molecular weight excluding hydrogens is 216 g/mol. The highest BCUT2D eigenvalue weighted by molar-refractivity contribution is 7.10. The normalized spacial score (nSPS) is 16.2. The number of rotatable bonds is 3. The summed E-state index contributed by atoms with van der Waals surface area (Å²) in [5, 5.41) is 2.28. The van der Waals surface area contributed by atoms with Crippen molar-refractivity contribution in [3.8, 4) is 0 Å². The molecule has 2 N–H and O–H groups in total. The summed E-state index contributed by atoms with van der Waals surface area (Å²) in [6.45, 7) is 1.33. The SMILES string of the molecule is CC(N)(Cc1sccc1Cl)C(F)F. The van der Waals surface area contributed by atoms with Crippen molar-refractivity contribution in [2.24, 2.45) is 5.73 Å². The van der Waals surface area contributed by atoms with Gasteiger partial charge in [-0.2, -0.15) is 0 Å². The highest BCUT2D eigenvalue weighted by atomic mass is 35.5. The zero-order valence-corrected chi connectivity index (χ0v) is 8.63. The van der Waals surface area contributed by atoms with E-state index in [0.717, 1.165) is 0 Å². The minimum atomic E-state index is -2.54. The van der Waals surface area contributed by atoms with Gasteiger partial charge < -0.3 is 5.73 Å². The van der Waals surface area contributed by atoms with Crippen LogP contribution >= 0.6 is 22.9 Å². The maximum absolute atomic E-state index is 12.4. The second-order valence-corrected chi connectivity index (χ2v) is 4.58. The predicted octanol–water partition coefficient (Wildman–Crippen LogP) is 2.93. The molecule has 0 saturated carbocycles. The Labute approximate surface area is 84.5 Å². The summed E-state index contributed by atoms with van der Waals surface area (Å²) in [6, 6.07) is 1.68. The quantitative estimate of drug-likeness (QED) is 0.841. The number of thiophene rings is 1. The lowest BCUT2D eigenvalue weighted by molar-refractivity contribution is 0.0644. The standard InChI is InChI=1S/C8H10ClF2NS/c1-8(12,7(10)11)4-6-5(9)2-3-13-6/h2-3,7H,4,12H2,1H3. The monoisotopic (exact) mass is 225 g/mol. The molecule has 0 fully saturated rings. The summed E-state index contributed by atoms with van der Waals surface area (Å²) >= 11 is 7.11. The van der Waals surface area contributed by atoms with Crippen molar-refractivity contribution in [1.29, 1.82) is 0 Å². The van der Waals surface area contributed by atoms with E-state index >= 15 is 0 Å². The Morgan fingerprint density at radius 3 is 2.69 bits per heavy atom. The van der Waals surface area contributed by atoms with Crippen LogP contribution in [0.5, 0.6) is 0 Å². The van der Waals surface area contributed by atoms with Gasteiger partial charge in [-0.1, -0.05) is 11.6 Å². The fourth-order valence-electron chi connectivity index (χ4n) is 0.874. The van der Waals surface area contributed by atoms with E-state index in [9.17, 15) is 8.78 Å². The van der Waals surface area contributed by atoms with Gasteiger partial charge in [0.15, 0.2) is 0 Å². The molecule has 0 aliphatic carbocycles. The minimum Gasteiger partial charge on any atom is -0.320 e. The highest BCUT2D eigenvalue weighted by Crippen LogP contribution is 2.27. The molecular formula is C8H10ClF2NS. The summed E-state index contributed by atoms with van der Waals surface area (Å²) in [4.78, 5) is 0.715. The van der Waals surface area contributed by atoms with Gasteiger partial charge in [0.1, 0.15) is 0 Å². The summed E-state index contributed by atoms with van der Waals surface area (Å²) in [5.74, 6) is 0. The molecule has 1 nitrogen and oxygen atoms in total. The van der Waals surface area contributed by atoms with Gasteiger partial charge in [-0.15, -0.1) is 11.3 Å². The number of hydrogen-bond donors (Lipinski definition) is 1. The first kappa shape index (κ1) is 10.9. The van der Waals surface area contributed by atoms with Crippen molar-refractivity contribution >= 4 is 22.9 Å². The summed E-state index contributed by atoms with van der Waals surface area (Å²) in [6.07, 6.45) is -2.42. The molecule has 74 valence electrons. The zero-order valence-electron chi connectivity index (χ0n) is 7.06. The third kappa shape index (κ3) is 2.62. The van der Waals surface area contributed by atoms with Crippen LogP contribution in [-0.2, 0) is 6.42 Å². The van der Waals surface area contributed by atoms with Crippen LogP contribution in [-0.4, -0.2) is 12.0 Å². The molecule has 0 aromatic carbocycles. The molecule has 0 saturated heterocycles. The third-order valence-electron chi connectivity index (χ3n) is 1.73. The van der Waals surface area contributed by atoms with Gasteiger partial charge in [0.25, 0.3) is 6.43 Å². The predicted molar refractivity (Wildman–Crippen MR) is 51.6 cm³/mol. The molecule has 5 heteroatoms. The van der Waals surface area contributed by atoms with Crippen molar-refractivity contribution in [3.05, 3.63) is 21.3 Å². The van der Waals surface area contributed by atoms with E-state index in [4.69, 9.17) is 17.3 Å². The van der Waals surface area contributed by atoms with Gasteiger partial charge in [0, 0.05) is 11.3 Å². The minimum absolute atomic E-state index is 0.112. The second-order valence-electron chi connectivity index (χ2n) is 3.18. The Kier molecular flexibility index (Phi) is 3.27. The fraction of sp³-hybridized carbons (Fsp3) is 0.500. The molecule has 0 bridgehead atoms. The summed E-state index contributed by atoms with van der Waals surface area (Å²) in [5.41, 5.74) is 3.93. The Balaban J connectivity index is 2.74. The van der Waals surface area contributed by atoms with Crippen molar-refractivity contribution in [1.82, 2.24) is 0 Å². The van der Waals surface area contributed by atoms with Gasteiger partial charge >= 0.3 is 0 Å². The van der Waals surface area contributed by atoms with E-state index in [2.05, 4.69) is 0 Å². The van der Waals surface area contributed by atoms with E-state index in [-0.39, 0.29) is 6.42 Å². The van der Waals surface area contributed by atoms with Crippen LogP contribution in [0.2, 0.25) is 5.02 Å². The Morgan fingerprint density at radius 2 is 2.31 bits per heavy atom. The smallest absolute Gasteiger partial charge is 0.256 e. The van der Waals surface area contributed by atoms with Crippen LogP contribution in [0.1, 0.15) is 11.8 Å². The average molecular weight is 226 g/mol. The van der Waals surface area contributed by atoms with Gasteiger partial charge in [-0.05, 0) is 18.4 Å². The van der Waals surface area contributed by atoms with Crippen LogP contribution in [0.3, 0.4) is 0 Å². The molecule has 1 aromatic rings. The van der Waals surface area contributed by atoms with Crippen LogP contribution in [0, 0.1) is 0 Å². The zero-order chi connectivity index (χ0) is 10.1. The Morgan fingerprint density at radius 1 is 1.69 bits per heavy atom. The van der Waals surface area contributed by atoms with Crippen LogP contribution in [0.4, 0.5) is 8.78 Å². The van der Waals surface area contributed by atoms with Crippen molar-refractivity contribution in [2.75, 3.05) is 0 Å². The molecule has 0 spiro atoms. The lowest BCUT2D eigenvalue weighted by Gasteiger charge is -2.22. The van der Waals surface area contributed by atoms with Gasteiger partial charge in [-0.25, -0.2) is 8.78 Å². The summed E-state index contributed by atoms with van der Waals surface area (Å²) < 4.78 is 24.7. The summed E-state index contributed by atoms with van der Waals surface area (Å²) in [7, 11) is 0. The van der Waals surface area contributed by atoms with Gasteiger partial charge in [0.2, 0.25) is 0 Å². The molecule has 1 rings (SSSR count). The molecule has 13 heavy (non-hydrogen) atoms. The van der Waals surface area contributed by atoms with E-state index in [1.807, 2.05) is 0 Å². The van der Waals surface area contributed by atoms with Crippen LogP contribution in [0.15, 0.2) is 11.4 Å². The molecule has 1 atom stereocenters. The van der Waals surface area contributed by atoms with Crippen molar-refractivity contribution in [3.63, 3.8) is 0 Å². The average Bonchev–Trinajstić information content (AvgIpc) is 2.35. The first-order valence-corrected chi connectivity index (χ1v) is 4.98. The number of alkyl halides is 2. The lowest BCUT2D eigenvalue weighted by atomic mass is 9.99. The largest absolute Gasteiger partial charge is 0.320 e. The van der Waals surface area contributed by atoms with Gasteiger partial charge in [0.05, 0.1) is 10.6 Å². The maximum Gasteiger partial charge on any atom is 0.256 e. The first-order valence-electron chi connectivity index (χ1n) is 3.72. The first-order chi connectivity index (χ1) is 5.93. The molecule has 1 unspecified atom stereocenters. The second kappa shape index (κ2) is 3.90. The number of hydrogen-bond acceptors (Lipinski definition) is 2. The van der Waals surface area contributed by atoms with E-state index < -0.39 is 12.0 Å². The molecule has 0 radical (unpaired) electrons. The lowest BCUT2D eigenvalue weighted by Crippen LogP contribution is -2.45. The van der Waals surface area contributed by atoms with E-state index in [0.29, 0.717) is 9.90 Å². The molecule has 0 aliphatic rings. The van der Waals surface area contributed by atoms with Crippen LogP contribution < -0.4 is 5.73 Å². The molecule has 0 amide bonds.